The molecule has 1 atom stereocenters. The maximum Gasteiger partial charge on any atom is 0.0435 e. The minimum Gasteiger partial charge on any atom is -0.0622 e. The Bertz CT molecular complexity index is 3100. The molecule has 0 fully saturated rings. The Balaban J connectivity index is 1.13. The Hall–Kier alpha value is -6.76. The van der Waals surface area contributed by atoms with Crippen molar-refractivity contribution in [2.75, 3.05) is 0 Å². The summed E-state index contributed by atoms with van der Waals surface area (Å²) in [7, 11) is 0. The van der Waals surface area contributed by atoms with Crippen LogP contribution in [0.4, 0.5) is 0 Å². The van der Waals surface area contributed by atoms with E-state index in [1.54, 1.807) is 0 Å². The van der Waals surface area contributed by atoms with E-state index in [4.69, 9.17) is 0 Å². The van der Waals surface area contributed by atoms with E-state index in [2.05, 4.69) is 207 Å². The highest BCUT2D eigenvalue weighted by molar-refractivity contribution is 6.28. The molecule has 0 radical (unpaired) electrons. The summed E-state index contributed by atoms with van der Waals surface area (Å²) >= 11 is 0. The van der Waals surface area contributed by atoms with Crippen molar-refractivity contribution in [2.24, 2.45) is 0 Å². The van der Waals surface area contributed by atoms with Crippen LogP contribution in [0.15, 0.2) is 200 Å². The van der Waals surface area contributed by atoms with Crippen molar-refractivity contribution in [3.63, 3.8) is 0 Å². The fraction of sp³-hybridized carbons (Fsp3) is 0.0370. The molecule has 1 aliphatic rings. The number of hydrogen-bond donors (Lipinski definition) is 0. The van der Waals surface area contributed by atoms with Crippen molar-refractivity contribution in [3.8, 4) is 44.5 Å². The molecule has 0 nitrogen and oxygen atoms in total. The van der Waals surface area contributed by atoms with E-state index in [9.17, 15) is 0 Å². The summed E-state index contributed by atoms with van der Waals surface area (Å²) in [6, 6.07) is 74.3. The molecule has 0 heteroatoms. The lowest BCUT2D eigenvalue weighted by atomic mass is 9.74. The third-order valence-electron chi connectivity index (χ3n) is 12.1. The van der Waals surface area contributed by atoms with Gasteiger partial charge in [0.2, 0.25) is 0 Å². The van der Waals surface area contributed by atoms with E-state index >= 15 is 0 Å². The SMILES string of the molecule is CC1(c2ccccc2)c2ccccc2-c2cc3ccc(-c4cccc(-c5c6ccccc6c(-c6ccccc6)c6ccc7ccccc7c56)c4)cc3cc21. The summed E-state index contributed by atoms with van der Waals surface area (Å²) in [5.74, 6) is 0. The highest BCUT2D eigenvalue weighted by atomic mass is 14.4. The zero-order valence-corrected chi connectivity index (χ0v) is 30.1. The lowest BCUT2D eigenvalue weighted by molar-refractivity contribution is 0.715. The van der Waals surface area contributed by atoms with Crippen LogP contribution >= 0.6 is 0 Å². The van der Waals surface area contributed by atoms with E-state index in [0.717, 1.165) is 0 Å². The topological polar surface area (TPSA) is 0 Å². The standard InChI is InChI=1S/C54H36/c1-54(42-20-6-3-7-21-42)49-26-13-12-23-44(49)48-33-39-28-27-38(32-41(39)34-50(48)54)37-18-14-19-40(31-37)52-46-25-11-10-24-45(46)51(36-16-4-2-5-17-36)47-30-29-35-15-8-9-22-43(35)53(47)52/h2-34H,1H3. The van der Waals surface area contributed by atoms with Gasteiger partial charge in [-0.1, -0.05) is 176 Å². The molecule has 0 spiro atoms. The number of hydrogen-bond acceptors (Lipinski definition) is 0. The van der Waals surface area contributed by atoms with Crippen LogP contribution in [0.3, 0.4) is 0 Å². The van der Waals surface area contributed by atoms with Gasteiger partial charge in [0.05, 0.1) is 0 Å². The molecule has 10 aromatic rings. The van der Waals surface area contributed by atoms with Crippen LogP contribution in [0.1, 0.15) is 23.6 Å². The van der Waals surface area contributed by atoms with Gasteiger partial charge < -0.3 is 0 Å². The molecule has 0 heterocycles. The number of benzene rings is 10. The maximum atomic E-state index is 2.46. The summed E-state index contributed by atoms with van der Waals surface area (Å²) < 4.78 is 0. The summed E-state index contributed by atoms with van der Waals surface area (Å²) in [5.41, 5.74) is 14.0. The first-order valence-corrected chi connectivity index (χ1v) is 18.9. The zero-order chi connectivity index (χ0) is 35.8. The van der Waals surface area contributed by atoms with Crippen LogP contribution in [0.2, 0.25) is 0 Å². The first-order chi connectivity index (χ1) is 26.7. The minimum absolute atomic E-state index is 0.228. The molecule has 0 N–H and O–H groups in total. The molecule has 11 rings (SSSR count). The van der Waals surface area contributed by atoms with Gasteiger partial charge in [0.1, 0.15) is 0 Å². The molecule has 1 unspecified atom stereocenters. The molecule has 10 aromatic carbocycles. The molecule has 0 aliphatic heterocycles. The summed E-state index contributed by atoms with van der Waals surface area (Å²) in [6.45, 7) is 2.40. The molecule has 252 valence electrons. The Morgan fingerprint density at radius 1 is 0.315 bits per heavy atom. The molecule has 1 aliphatic carbocycles. The fourth-order valence-electron chi connectivity index (χ4n) is 9.51. The third kappa shape index (κ3) is 4.50. The Labute approximate surface area is 315 Å². The Morgan fingerprint density at radius 3 is 1.78 bits per heavy atom. The normalized spacial score (nSPS) is 14.8. The van der Waals surface area contributed by atoms with E-state index in [-0.39, 0.29) is 5.41 Å². The number of rotatable bonds is 4. The van der Waals surface area contributed by atoms with Gasteiger partial charge in [-0.3, -0.25) is 0 Å². The highest BCUT2D eigenvalue weighted by Crippen LogP contribution is 2.53. The summed E-state index contributed by atoms with van der Waals surface area (Å²) in [6.07, 6.45) is 0. The monoisotopic (exact) mass is 684 g/mol. The molecule has 0 saturated carbocycles. The molecule has 0 bridgehead atoms. The van der Waals surface area contributed by atoms with Gasteiger partial charge >= 0.3 is 0 Å². The van der Waals surface area contributed by atoms with Gasteiger partial charge in [-0.25, -0.2) is 0 Å². The zero-order valence-electron chi connectivity index (χ0n) is 30.1. The molecule has 54 heavy (non-hydrogen) atoms. The van der Waals surface area contributed by atoms with Crippen molar-refractivity contribution in [1.82, 2.24) is 0 Å². The first kappa shape index (κ1) is 30.8. The van der Waals surface area contributed by atoms with Crippen molar-refractivity contribution in [1.29, 1.82) is 0 Å². The second kappa shape index (κ2) is 11.9. The average molecular weight is 685 g/mol. The van der Waals surface area contributed by atoms with Crippen LogP contribution < -0.4 is 0 Å². The van der Waals surface area contributed by atoms with Gasteiger partial charge in [-0.2, -0.15) is 0 Å². The molecular weight excluding hydrogens is 649 g/mol. The van der Waals surface area contributed by atoms with E-state index in [1.165, 1.54) is 104 Å². The van der Waals surface area contributed by atoms with Crippen molar-refractivity contribution >= 4 is 43.1 Å². The van der Waals surface area contributed by atoms with Gasteiger partial charge in [0, 0.05) is 5.41 Å². The van der Waals surface area contributed by atoms with Crippen molar-refractivity contribution in [2.45, 2.75) is 12.3 Å². The lowest BCUT2D eigenvalue weighted by Crippen LogP contribution is -2.22. The van der Waals surface area contributed by atoms with Gasteiger partial charge in [-0.15, -0.1) is 0 Å². The van der Waals surface area contributed by atoms with Gasteiger partial charge in [0.15, 0.2) is 0 Å². The first-order valence-electron chi connectivity index (χ1n) is 18.9. The molecular formula is C54H36. The molecule has 0 amide bonds. The van der Waals surface area contributed by atoms with Crippen molar-refractivity contribution < 1.29 is 0 Å². The largest absolute Gasteiger partial charge is 0.0622 e. The second-order valence-electron chi connectivity index (χ2n) is 14.9. The molecule has 0 aromatic heterocycles. The smallest absolute Gasteiger partial charge is 0.0435 e. The summed E-state index contributed by atoms with van der Waals surface area (Å²) in [4.78, 5) is 0. The maximum absolute atomic E-state index is 2.46. The van der Waals surface area contributed by atoms with E-state index < -0.39 is 0 Å². The third-order valence-corrected chi connectivity index (χ3v) is 12.1. The van der Waals surface area contributed by atoms with Crippen LogP contribution in [0.5, 0.6) is 0 Å². The Kier molecular flexibility index (Phi) is 6.78. The van der Waals surface area contributed by atoms with Gasteiger partial charge in [0.25, 0.3) is 0 Å². The van der Waals surface area contributed by atoms with Crippen molar-refractivity contribution in [3.05, 3.63) is 217 Å². The predicted molar refractivity (Wildman–Crippen MR) is 230 cm³/mol. The van der Waals surface area contributed by atoms with Crippen LogP contribution in [0, 0.1) is 0 Å². The van der Waals surface area contributed by atoms with Crippen LogP contribution in [-0.4, -0.2) is 0 Å². The fourth-order valence-corrected chi connectivity index (χ4v) is 9.51. The highest BCUT2D eigenvalue weighted by Gasteiger charge is 2.40. The number of fused-ring (bicyclic) bond motifs is 8. The van der Waals surface area contributed by atoms with E-state index in [0.29, 0.717) is 0 Å². The van der Waals surface area contributed by atoms with E-state index in [1.807, 2.05) is 0 Å². The van der Waals surface area contributed by atoms with Crippen LogP contribution in [-0.2, 0) is 5.41 Å². The minimum atomic E-state index is -0.228. The van der Waals surface area contributed by atoms with Gasteiger partial charge in [-0.05, 0) is 135 Å². The quantitative estimate of drug-likeness (QED) is 0.128. The second-order valence-corrected chi connectivity index (χ2v) is 14.9. The summed E-state index contributed by atoms with van der Waals surface area (Å²) in [5, 5.41) is 10.2. The lowest BCUT2D eigenvalue weighted by Gasteiger charge is -2.28. The van der Waals surface area contributed by atoms with Crippen LogP contribution in [0.25, 0.3) is 87.6 Å². The predicted octanol–water partition coefficient (Wildman–Crippen LogP) is 14.6. The Morgan fingerprint density at radius 2 is 0.944 bits per heavy atom. The molecule has 0 saturated heterocycles. The average Bonchev–Trinajstić information content (AvgIpc) is 3.49.